The number of benzene rings is 1. The van der Waals surface area contributed by atoms with E-state index in [4.69, 9.17) is 0 Å². The molecular formula is C16H24N2. The summed E-state index contributed by atoms with van der Waals surface area (Å²) in [6.07, 6.45) is 2.72. The van der Waals surface area contributed by atoms with E-state index >= 15 is 0 Å². The number of nitrogens with one attached hydrogen (secondary N) is 1. The van der Waals surface area contributed by atoms with Crippen LogP contribution in [0.3, 0.4) is 0 Å². The molecule has 0 bridgehead atoms. The van der Waals surface area contributed by atoms with Gasteiger partial charge >= 0.3 is 0 Å². The summed E-state index contributed by atoms with van der Waals surface area (Å²) in [5.41, 5.74) is 2.02. The molecule has 2 atom stereocenters. The Hall–Kier alpha value is -0.860. The minimum atomic E-state index is 0.482. The second-order valence-electron chi connectivity index (χ2n) is 5.93. The highest BCUT2D eigenvalue weighted by Gasteiger charge is 2.46. The minimum absolute atomic E-state index is 0.482. The second kappa shape index (κ2) is 5.02. The highest BCUT2D eigenvalue weighted by atomic mass is 15.2. The molecule has 98 valence electrons. The second-order valence-corrected chi connectivity index (χ2v) is 5.93. The van der Waals surface area contributed by atoms with E-state index in [1.165, 1.54) is 51.1 Å². The van der Waals surface area contributed by atoms with Gasteiger partial charge in [0.05, 0.1) is 0 Å². The molecular weight excluding hydrogens is 220 g/mol. The van der Waals surface area contributed by atoms with Crippen LogP contribution in [0.25, 0.3) is 0 Å². The lowest BCUT2D eigenvalue weighted by Gasteiger charge is -2.39. The quantitative estimate of drug-likeness (QED) is 0.860. The molecule has 0 saturated carbocycles. The molecule has 2 heterocycles. The Bertz CT molecular complexity index is 381. The van der Waals surface area contributed by atoms with Crippen LogP contribution in [0, 0.1) is 5.41 Å². The van der Waals surface area contributed by atoms with Gasteiger partial charge in [-0.15, -0.1) is 0 Å². The summed E-state index contributed by atoms with van der Waals surface area (Å²) in [4.78, 5) is 2.63. The average molecular weight is 244 g/mol. The van der Waals surface area contributed by atoms with E-state index in [1.807, 2.05) is 0 Å². The molecule has 2 saturated heterocycles. The van der Waals surface area contributed by atoms with Gasteiger partial charge in [0.2, 0.25) is 0 Å². The Kier molecular flexibility index (Phi) is 3.40. The first kappa shape index (κ1) is 12.2. The third kappa shape index (κ3) is 2.08. The van der Waals surface area contributed by atoms with E-state index in [2.05, 4.69) is 47.5 Å². The maximum absolute atomic E-state index is 3.64. The number of piperidine rings is 1. The molecule has 0 aliphatic carbocycles. The first-order valence-electron chi connectivity index (χ1n) is 7.32. The van der Waals surface area contributed by atoms with Gasteiger partial charge in [-0.25, -0.2) is 0 Å². The maximum atomic E-state index is 3.64. The molecule has 0 radical (unpaired) electrons. The van der Waals surface area contributed by atoms with E-state index in [-0.39, 0.29) is 0 Å². The zero-order valence-electron chi connectivity index (χ0n) is 11.4. The molecule has 1 aromatic carbocycles. The van der Waals surface area contributed by atoms with Crippen molar-refractivity contribution < 1.29 is 0 Å². The summed E-state index contributed by atoms with van der Waals surface area (Å²) < 4.78 is 0. The fraction of sp³-hybridized carbons (Fsp3) is 0.625. The van der Waals surface area contributed by atoms with Crippen LogP contribution in [0.15, 0.2) is 30.3 Å². The summed E-state index contributed by atoms with van der Waals surface area (Å²) in [7, 11) is 0. The van der Waals surface area contributed by atoms with Crippen molar-refractivity contribution in [2.24, 2.45) is 5.41 Å². The van der Waals surface area contributed by atoms with E-state index in [0.717, 1.165) is 0 Å². The van der Waals surface area contributed by atoms with Crippen molar-refractivity contribution >= 4 is 0 Å². The first-order chi connectivity index (χ1) is 8.84. The SMILES string of the molecule is CCN1CC(c2ccccc2)C2(CCCNC2)C1. The van der Waals surface area contributed by atoms with Crippen LogP contribution in [0.1, 0.15) is 31.2 Å². The lowest BCUT2D eigenvalue weighted by atomic mass is 9.70. The number of likely N-dealkylation sites (N-methyl/N-ethyl adjacent to an activating group) is 1. The average Bonchev–Trinajstić information content (AvgIpc) is 2.79. The van der Waals surface area contributed by atoms with Crippen molar-refractivity contribution in [3.8, 4) is 0 Å². The predicted octanol–water partition coefficient (Wildman–Crippen LogP) is 2.48. The van der Waals surface area contributed by atoms with Gasteiger partial charge in [-0.3, -0.25) is 0 Å². The maximum Gasteiger partial charge on any atom is 0.00567 e. The monoisotopic (exact) mass is 244 g/mol. The van der Waals surface area contributed by atoms with Gasteiger partial charge in [-0.2, -0.15) is 0 Å². The molecule has 2 unspecified atom stereocenters. The highest BCUT2D eigenvalue weighted by Crippen LogP contribution is 2.46. The number of likely N-dealkylation sites (tertiary alicyclic amines) is 1. The summed E-state index contributed by atoms with van der Waals surface area (Å²) in [5.74, 6) is 0.714. The Balaban J connectivity index is 1.90. The third-order valence-electron chi connectivity index (χ3n) is 4.87. The molecule has 2 aliphatic heterocycles. The van der Waals surface area contributed by atoms with Crippen LogP contribution in [0.4, 0.5) is 0 Å². The Labute approximate surface area is 110 Å². The van der Waals surface area contributed by atoms with Crippen LogP contribution in [-0.2, 0) is 0 Å². The zero-order valence-corrected chi connectivity index (χ0v) is 11.4. The normalized spacial score (nSPS) is 33.1. The van der Waals surface area contributed by atoms with Gasteiger partial charge in [0.1, 0.15) is 0 Å². The van der Waals surface area contributed by atoms with Crippen molar-refractivity contribution in [3.05, 3.63) is 35.9 Å². The number of hydrogen-bond acceptors (Lipinski definition) is 2. The lowest BCUT2D eigenvalue weighted by molar-refractivity contribution is 0.189. The van der Waals surface area contributed by atoms with E-state index in [1.54, 1.807) is 0 Å². The van der Waals surface area contributed by atoms with Crippen LogP contribution < -0.4 is 5.32 Å². The van der Waals surface area contributed by atoms with Crippen molar-refractivity contribution in [2.75, 3.05) is 32.7 Å². The molecule has 1 aromatic rings. The van der Waals surface area contributed by atoms with Crippen LogP contribution in [0.5, 0.6) is 0 Å². The van der Waals surface area contributed by atoms with Gasteiger partial charge in [-0.05, 0) is 31.5 Å². The Morgan fingerprint density at radius 2 is 2.17 bits per heavy atom. The fourth-order valence-corrected chi connectivity index (χ4v) is 3.88. The Morgan fingerprint density at radius 1 is 1.33 bits per heavy atom. The van der Waals surface area contributed by atoms with Gasteiger partial charge in [0, 0.05) is 31.0 Å². The molecule has 2 nitrogen and oxygen atoms in total. The van der Waals surface area contributed by atoms with Crippen molar-refractivity contribution in [3.63, 3.8) is 0 Å². The van der Waals surface area contributed by atoms with Crippen molar-refractivity contribution in [1.82, 2.24) is 10.2 Å². The van der Waals surface area contributed by atoms with Crippen LogP contribution >= 0.6 is 0 Å². The van der Waals surface area contributed by atoms with E-state index in [0.29, 0.717) is 11.3 Å². The van der Waals surface area contributed by atoms with Gasteiger partial charge in [0.25, 0.3) is 0 Å². The smallest absolute Gasteiger partial charge is 0.00567 e. The summed E-state index contributed by atoms with van der Waals surface area (Å²) in [5, 5.41) is 3.64. The van der Waals surface area contributed by atoms with Gasteiger partial charge in [0.15, 0.2) is 0 Å². The number of hydrogen-bond donors (Lipinski definition) is 1. The van der Waals surface area contributed by atoms with Crippen molar-refractivity contribution in [2.45, 2.75) is 25.7 Å². The zero-order chi connectivity index (χ0) is 12.4. The Morgan fingerprint density at radius 3 is 2.83 bits per heavy atom. The standard InChI is InChI=1S/C16H24N2/c1-2-18-11-15(14-7-4-3-5-8-14)16(13-18)9-6-10-17-12-16/h3-5,7-8,15,17H,2,6,9-13H2,1H3. The third-order valence-corrected chi connectivity index (χ3v) is 4.87. The van der Waals surface area contributed by atoms with E-state index < -0.39 is 0 Å². The van der Waals surface area contributed by atoms with Gasteiger partial charge < -0.3 is 10.2 Å². The van der Waals surface area contributed by atoms with Crippen LogP contribution in [-0.4, -0.2) is 37.6 Å². The lowest BCUT2D eigenvalue weighted by Crippen LogP contribution is -2.44. The predicted molar refractivity (Wildman–Crippen MR) is 75.8 cm³/mol. The molecule has 1 N–H and O–H groups in total. The fourth-order valence-electron chi connectivity index (χ4n) is 3.88. The first-order valence-corrected chi connectivity index (χ1v) is 7.32. The molecule has 2 aliphatic rings. The van der Waals surface area contributed by atoms with E-state index in [9.17, 15) is 0 Å². The highest BCUT2D eigenvalue weighted by molar-refractivity contribution is 5.25. The van der Waals surface area contributed by atoms with Gasteiger partial charge in [-0.1, -0.05) is 37.3 Å². The molecule has 0 amide bonds. The summed E-state index contributed by atoms with van der Waals surface area (Å²) in [6.45, 7) is 8.39. The summed E-state index contributed by atoms with van der Waals surface area (Å²) >= 11 is 0. The summed E-state index contributed by atoms with van der Waals surface area (Å²) in [6, 6.07) is 11.1. The molecule has 2 heteroatoms. The molecule has 2 fully saturated rings. The molecule has 0 aromatic heterocycles. The topological polar surface area (TPSA) is 15.3 Å². The minimum Gasteiger partial charge on any atom is -0.316 e. The largest absolute Gasteiger partial charge is 0.316 e. The molecule has 1 spiro atoms. The molecule has 3 rings (SSSR count). The number of nitrogens with zero attached hydrogens (tertiary/aromatic N) is 1. The number of rotatable bonds is 2. The van der Waals surface area contributed by atoms with Crippen molar-refractivity contribution in [1.29, 1.82) is 0 Å². The van der Waals surface area contributed by atoms with Crippen LogP contribution in [0.2, 0.25) is 0 Å². The molecule has 18 heavy (non-hydrogen) atoms.